The highest BCUT2D eigenvalue weighted by atomic mass is 16.5. The van der Waals surface area contributed by atoms with Gasteiger partial charge in [0.05, 0.1) is 6.61 Å². The molecule has 112 valence electrons. The Balaban J connectivity index is 1.77. The molecule has 0 saturated carbocycles. The smallest absolute Gasteiger partial charge is 0.0535 e. The first kappa shape index (κ1) is 15.5. The molecular formula is C18H29NO. The lowest BCUT2D eigenvalue weighted by molar-refractivity contribution is 0.142. The van der Waals surface area contributed by atoms with Gasteiger partial charge in [-0.1, -0.05) is 44.2 Å². The summed E-state index contributed by atoms with van der Waals surface area (Å²) in [4.78, 5) is 0. The van der Waals surface area contributed by atoms with Crippen molar-refractivity contribution in [2.75, 3.05) is 26.3 Å². The van der Waals surface area contributed by atoms with Gasteiger partial charge in [0.1, 0.15) is 0 Å². The molecule has 1 unspecified atom stereocenters. The number of nitrogens with one attached hydrogen (secondary N) is 1. The van der Waals surface area contributed by atoms with Crippen LogP contribution in [-0.2, 0) is 11.2 Å². The Kier molecular flexibility index (Phi) is 6.06. The highest BCUT2D eigenvalue weighted by molar-refractivity contribution is 5.14. The maximum Gasteiger partial charge on any atom is 0.0535 e. The molecule has 1 aromatic carbocycles. The van der Waals surface area contributed by atoms with Gasteiger partial charge >= 0.3 is 0 Å². The number of ether oxygens (including phenoxy) is 1. The summed E-state index contributed by atoms with van der Waals surface area (Å²) < 4.78 is 5.68. The van der Waals surface area contributed by atoms with E-state index < -0.39 is 0 Å². The van der Waals surface area contributed by atoms with Crippen molar-refractivity contribution in [3.8, 4) is 0 Å². The summed E-state index contributed by atoms with van der Waals surface area (Å²) in [6.07, 6.45) is 4.93. The van der Waals surface area contributed by atoms with Crippen molar-refractivity contribution in [3.63, 3.8) is 0 Å². The molecule has 1 fully saturated rings. The molecule has 2 heteroatoms. The summed E-state index contributed by atoms with van der Waals surface area (Å²) in [6.45, 7) is 8.63. The molecule has 1 aliphatic heterocycles. The third-order valence-electron chi connectivity index (χ3n) is 4.25. The largest absolute Gasteiger partial charge is 0.381 e. The van der Waals surface area contributed by atoms with Crippen molar-refractivity contribution in [3.05, 3.63) is 35.9 Å². The second-order valence-corrected chi connectivity index (χ2v) is 6.67. The van der Waals surface area contributed by atoms with Crippen LogP contribution in [0.25, 0.3) is 0 Å². The third kappa shape index (κ3) is 4.92. The standard InChI is InChI=1S/C18H29NO/c1-16(2)13-19-14-18(11-12-20-15-18)10-6-9-17-7-4-3-5-8-17/h3-5,7-8,16,19H,6,9-15H2,1-2H3. The van der Waals surface area contributed by atoms with Gasteiger partial charge in [-0.05, 0) is 43.7 Å². The Bertz CT molecular complexity index is 368. The molecule has 1 heterocycles. The second kappa shape index (κ2) is 7.80. The first-order chi connectivity index (χ1) is 9.70. The van der Waals surface area contributed by atoms with Crippen LogP contribution in [0.15, 0.2) is 30.3 Å². The molecule has 0 aliphatic carbocycles. The topological polar surface area (TPSA) is 21.3 Å². The molecule has 0 radical (unpaired) electrons. The van der Waals surface area contributed by atoms with Gasteiger partial charge in [0.25, 0.3) is 0 Å². The van der Waals surface area contributed by atoms with Gasteiger partial charge in [-0.3, -0.25) is 0 Å². The maximum atomic E-state index is 5.68. The first-order valence-corrected chi connectivity index (χ1v) is 8.03. The lowest BCUT2D eigenvalue weighted by Gasteiger charge is -2.28. The van der Waals surface area contributed by atoms with Crippen LogP contribution in [0.1, 0.15) is 38.7 Å². The predicted molar refractivity (Wildman–Crippen MR) is 85.0 cm³/mol. The quantitative estimate of drug-likeness (QED) is 0.781. The highest BCUT2D eigenvalue weighted by Gasteiger charge is 2.33. The minimum atomic E-state index is 0.379. The molecule has 1 aromatic rings. The molecule has 1 atom stereocenters. The summed E-state index contributed by atoms with van der Waals surface area (Å²) >= 11 is 0. The maximum absolute atomic E-state index is 5.68. The van der Waals surface area contributed by atoms with Crippen molar-refractivity contribution >= 4 is 0 Å². The average molecular weight is 275 g/mol. The van der Waals surface area contributed by atoms with Crippen LogP contribution >= 0.6 is 0 Å². The van der Waals surface area contributed by atoms with E-state index in [0.29, 0.717) is 5.41 Å². The molecule has 1 saturated heterocycles. The van der Waals surface area contributed by atoms with E-state index in [4.69, 9.17) is 4.74 Å². The van der Waals surface area contributed by atoms with Crippen LogP contribution in [0.5, 0.6) is 0 Å². The number of hydrogen-bond acceptors (Lipinski definition) is 2. The van der Waals surface area contributed by atoms with Gasteiger partial charge in [-0.15, -0.1) is 0 Å². The fraction of sp³-hybridized carbons (Fsp3) is 0.667. The van der Waals surface area contributed by atoms with E-state index in [1.165, 1.54) is 31.2 Å². The van der Waals surface area contributed by atoms with E-state index in [9.17, 15) is 0 Å². The van der Waals surface area contributed by atoms with Crippen molar-refractivity contribution < 1.29 is 4.74 Å². The Morgan fingerprint density at radius 3 is 2.70 bits per heavy atom. The molecule has 0 bridgehead atoms. The Morgan fingerprint density at radius 1 is 1.25 bits per heavy atom. The summed E-state index contributed by atoms with van der Waals surface area (Å²) in [5.41, 5.74) is 1.83. The van der Waals surface area contributed by atoms with E-state index in [0.717, 1.165) is 32.2 Å². The van der Waals surface area contributed by atoms with Gasteiger partial charge in [0.15, 0.2) is 0 Å². The minimum absolute atomic E-state index is 0.379. The van der Waals surface area contributed by atoms with E-state index in [1.54, 1.807) is 0 Å². The summed E-state index contributed by atoms with van der Waals surface area (Å²) in [7, 11) is 0. The van der Waals surface area contributed by atoms with Gasteiger partial charge in [0, 0.05) is 18.6 Å². The number of benzene rings is 1. The summed E-state index contributed by atoms with van der Waals surface area (Å²) in [6, 6.07) is 10.8. The summed E-state index contributed by atoms with van der Waals surface area (Å²) in [5, 5.41) is 3.64. The van der Waals surface area contributed by atoms with Gasteiger partial charge in [0.2, 0.25) is 0 Å². The van der Waals surface area contributed by atoms with E-state index in [1.807, 2.05) is 0 Å². The van der Waals surface area contributed by atoms with Crippen LogP contribution in [0.3, 0.4) is 0 Å². The molecular weight excluding hydrogens is 246 g/mol. The average Bonchev–Trinajstić information content (AvgIpc) is 2.89. The summed E-state index contributed by atoms with van der Waals surface area (Å²) in [5.74, 6) is 0.721. The SMILES string of the molecule is CC(C)CNCC1(CCCc2ccccc2)CCOC1. The Labute approximate surface area is 123 Å². The van der Waals surface area contributed by atoms with E-state index in [-0.39, 0.29) is 0 Å². The number of aryl methyl sites for hydroxylation is 1. The van der Waals surface area contributed by atoms with E-state index in [2.05, 4.69) is 49.5 Å². The first-order valence-electron chi connectivity index (χ1n) is 8.03. The van der Waals surface area contributed by atoms with Crippen LogP contribution in [0, 0.1) is 11.3 Å². The molecule has 2 nitrogen and oxygen atoms in total. The van der Waals surface area contributed by atoms with Crippen LogP contribution in [-0.4, -0.2) is 26.3 Å². The van der Waals surface area contributed by atoms with Crippen molar-refractivity contribution in [1.82, 2.24) is 5.32 Å². The molecule has 0 spiro atoms. The normalized spacial score (nSPS) is 22.6. The van der Waals surface area contributed by atoms with Gasteiger partial charge < -0.3 is 10.1 Å². The van der Waals surface area contributed by atoms with Gasteiger partial charge in [-0.2, -0.15) is 0 Å². The molecule has 1 N–H and O–H groups in total. The zero-order chi connectivity index (χ0) is 14.3. The van der Waals surface area contributed by atoms with Crippen LogP contribution in [0.4, 0.5) is 0 Å². The molecule has 0 amide bonds. The third-order valence-corrected chi connectivity index (χ3v) is 4.25. The lowest BCUT2D eigenvalue weighted by Crippen LogP contribution is -2.36. The van der Waals surface area contributed by atoms with Crippen molar-refractivity contribution in [2.24, 2.45) is 11.3 Å². The minimum Gasteiger partial charge on any atom is -0.381 e. The molecule has 20 heavy (non-hydrogen) atoms. The number of rotatable bonds is 8. The zero-order valence-electron chi connectivity index (χ0n) is 13.0. The highest BCUT2D eigenvalue weighted by Crippen LogP contribution is 2.33. The van der Waals surface area contributed by atoms with E-state index >= 15 is 0 Å². The Morgan fingerprint density at radius 2 is 2.05 bits per heavy atom. The van der Waals surface area contributed by atoms with Crippen molar-refractivity contribution in [1.29, 1.82) is 0 Å². The second-order valence-electron chi connectivity index (χ2n) is 6.67. The van der Waals surface area contributed by atoms with Gasteiger partial charge in [-0.25, -0.2) is 0 Å². The predicted octanol–water partition coefficient (Wildman–Crippen LogP) is 3.66. The molecule has 0 aromatic heterocycles. The number of hydrogen-bond donors (Lipinski definition) is 1. The van der Waals surface area contributed by atoms with Crippen molar-refractivity contribution in [2.45, 2.75) is 39.5 Å². The monoisotopic (exact) mass is 275 g/mol. The fourth-order valence-electron chi connectivity index (χ4n) is 3.01. The van der Waals surface area contributed by atoms with Crippen LogP contribution < -0.4 is 5.32 Å². The zero-order valence-corrected chi connectivity index (χ0v) is 13.0. The molecule has 2 rings (SSSR count). The Hall–Kier alpha value is -0.860. The molecule has 1 aliphatic rings. The van der Waals surface area contributed by atoms with Crippen LogP contribution in [0.2, 0.25) is 0 Å². The lowest BCUT2D eigenvalue weighted by atomic mass is 9.81. The fourth-order valence-corrected chi connectivity index (χ4v) is 3.01.